The van der Waals surface area contributed by atoms with E-state index >= 15 is 0 Å². The lowest BCUT2D eigenvalue weighted by atomic mass is 9.98. The highest BCUT2D eigenvalue weighted by Crippen LogP contribution is 2.32. The van der Waals surface area contributed by atoms with Crippen molar-refractivity contribution in [3.05, 3.63) is 61.5 Å². The van der Waals surface area contributed by atoms with Gasteiger partial charge in [0, 0.05) is 53.3 Å². The van der Waals surface area contributed by atoms with Crippen molar-refractivity contribution >= 4 is 23.2 Å². The number of anilines is 1. The van der Waals surface area contributed by atoms with Crippen molar-refractivity contribution in [3.8, 4) is 0 Å². The molecule has 0 saturated carbocycles. The SMILES string of the molecule is CCN(c1cc(Cl)cc(C(=O)NCc2c(C)cc(C)[nH]c2=O)c1C)[C@H]1CCO[C@@H](C)C1. The molecule has 31 heavy (non-hydrogen) atoms. The number of rotatable bonds is 6. The van der Waals surface area contributed by atoms with E-state index in [1.807, 2.05) is 32.9 Å². The molecular weight excluding hydrogens is 414 g/mol. The number of carbonyl (C=O) groups excluding carboxylic acids is 1. The van der Waals surface area contributed by atoms with Gasteiger partial charge in [-0.15, -0.1) is 0 Å². The number of carbonyl (C=O) groups is 1. The average molecular weight is 446 g/mol. The van der Waals surface area contributed by atoms with Gasteiger partial charge >= 0.3 is 0 Å². The molecule has 1 fully saturated rings. The predicted molar refractivity (Wildman–Crippen MR) is 125 cm³/mol. The Hall–Kier alpha value is -2.31. The number of hydrogen-bond donors (Lipinski definition) is 2. The normalized spacial score (nSPS) is 18.6. The topological polar surface area (TPSA) is 74.4 Å². The minimum absolute atomic E-state index is 0.163. The van der Waals surface area contributed by atoms with Crippen LogP contribution < -0.4 is 15.8 Å². The molecule has 1 aliphatic rings. The Morgan fingerprint density at radius 2 is 2.03 bits per heavy atom. The number of hydrogen-bond acceptors (Lipinski definition) is 4. The van der Waals surface area contributed by atoms with Gasteiger partial charge in [-0.2, -0.15) is 0 Å². The van der Waals surface area contributed by atoms with Crippen LogP contribution in [0.5, 0.6) is 0 Å². The van der Waals surface area contributed by atoms with Gasteiger partial charge in [0.25, 0.3) is 11.5 Å². The first-order valence-electron chi connectivity index (χ1n) is 10.9. The molecule has 0 aliphatic carbocycles. The van der Waals surface area contributed by atoms with Crippen LogP contribution in [0.1, 0.15) is 59.4 Å². The maximum Gasteiger partial charge on any atom is 0.253 e. The van der Waals surface area contributed by atoms with Crippen LogP contribution in [0.25, 0.3) is 0 Å². The first-order chi connectivity index (χ1) is 14.7. The van der Waals surface area contributed by atoms with E-state index in [0.29, 0.717) is 22.2 Å². The zero-order valence-corrected chi connectivity index (χ0v) is 19.7. The van der Waals surface area contributed by atoms with Gasteiger partial charge in [0.1, 0.15) is 0 Å². The second-order valence-corrected chi connectivity index (χ2v) is 8.81. The summed E-state index contributed by atoms with van der Waals surface area (Å²) in [4.78, 5) is 30.4. The molecule has 2 aromatic rings. The van der Waals surface area contributed by atoms with Crippen LogP contribution in [-0.2, 0) is 11.3 Å². The van der Waals surface area contributed by atoms with Gasteiger partial charge in [-0.1, -0.05) is 11.6 Å². The van der Waals surface area contributed by atoms with Gasteiger partial charge in [0.15, 0.2) is 0 Å². The number of aryl methyl sites for hydroxylation is 2. The van der Waals surface area contributed by atoms with E-state index in [2.05, 4.69) is 29.0 Å². The maximum atomic E-state index is 13.1. The van der Waals surface area contributed by atoms with Crippen molar-refractivity contribution in [3.63, 3.8) is 0 Å². The molecule has 0 unspecified atom stereocenters. The van der Waals surface area contributed by atoms with Crippen LogP contribution >= 0.6 is 11.6 Å². The number of halogens is 1. The molecule has 1 saturated heterocycles. The monoisotopic (exact) mass is 445 g/mol. The number of aromatic amines is 1. The Bertz CT molecular complexity index is 1020. The maximum absolute atomic E-state index is 13.1. The third-order valence-corrected chi connectivity index (χ3v) is 6.28. The molecule has 1 amide bonds. The van der Waals surface area contributed by atoms with Gasteiger partial charge in [-0.25, -0.2) is 0 Å². The van der Waals surface area contributed by atoms with Crippen LogP contribution in [0.3, 0.4) is 0 Å². The number of H-pyrrole nitrogens is 1. The highest BCUT2D eigenvalue weighted by Gasteiger charge is 2.27. The number of aromatic nitrogens is 1. The Labute approximate surface area is 188 Å². The number of pyridine rings is 1. The summed E-state index contributed by atoms with van der Waals surface area (Å²) in [6, 6.07) is 5.88. The molecule has 2 atom stereocenters. The third kappa shape index (κ3) is 5.31. The lowest BCUT2D eigenvalue weighted by Gasteiger charge is -2.38. The van der Waals surface area contributed by atoms with Crippen LogP contribution in [0.2, 0.25) is 5.02 Å². The minimum Gasteiger partial charge on any atom is -0.378 e. The molecular formula is C24H32ClN3O3. The zero-order chi connectivity index (χ0) is 22.7. The van der Waals surface area contributed by atoms with Gasteiger partial charge in [0.2, 0.25) is 0 Å². The number of ether oxygens (including phenoxy) is 1. The highest BCUT2D eigenvalue weighted by atomic mass is 35.5. The standard InChI is InChI=1S/C24H32ClN3O3/c1-6-28(19-7-8-31-16(4)10-19)22-12-18(25)11-20(17(22)5)23(29)26-13-21-14(2)9-15(3)27-24(21)30/h9,11-12,16,19H,6-8,10,13H2,1-5H3,(H,26,29)(H,27,30)/t16-,19-/m0/s1. The number of amides is 1. The molecule has 6 nitrogen and oxygen atoms in total. The quantitative estimate of drug-likeness (QED) is 0.696. The lowest BCUT2D eigenvalue weighted by Crippen LogP contribution is -2.42. The fourth-order valence-electron chi connectivity index (χ4n) is 4.45. The predicted octanol–water partition coefficient (Wildman–Crippen LogP) is 4.28. The van der Waals surface area contributed by atoms with E-state index in [0.717, 1.165) is 48.5 Å². The lowest BCUT2D eigenvalue weighted by molar-refractivity contribution is 0.0186. The fourth-order valence-corrected chi connectivity index (χ4v) is 4.66. The van der Waals surface area contributed by atoms with E-state index in [1.54, 1.807) is 6.07 Å². The zero-order valence-electron chi connectivity index (χ0n) is 19.0. The molecule has 1 aromatic heterocycles. The van der Waals surface area contributed by atoms with Crippen molar-refractivity contribution in [1.82, 2.24) is 10.3 Å². The summed E-state index contributed by atoms with van der Waals surface area (Å²) in [5, 5.41) is 3.42. The molecule has 2 heterocycles. The molecule has 0 spiro atoms. The van der Waals surface area contributed by atoms with Gasteiger partial charge in [-0.3, -0.25) is 9.59 Å². The van der Waals surface area contributed by atoms with Gasteiger partial charge in [0.05, 0.1) is 6.10 Å². The van der Waals surface area contributed by atoms with E-state index in [-0.39, 0.29) is 24.1 Å². The molecule has 0 radical (unpaired) electrons. The van der Waals surface area contributed by atoms with Gasteiger partial charge < -0.3 is 19.9 Å². The number of benzene rings is 1. The largest absolute Gasteiger partial charge is 0.378 e. The number of nitrogens with zero attached hydrogens (tertiary/aromatic N) is 1. The highest BCUT2D eigenvalue weighted by molar-refractivity contribution is 6.31. The van der Waals surface area contributed by atoms with Gasteiger partial charge in [-0.05, 0) is 76.8 Å². The fraction of sp³-hybridized carbons (Fsp3) is 0.500. The Kier molecular flexibility index (Phi) is 7.44. The smallest absolute Gasteiger partial charge is 0.253 e. The minimum atomic E-state index is -0.239. The first kappa shape index (κ1) is 23.4. The van der Waals surface area contributed by atoms with E-state index < -0.39 is 0 Å². The van der Waals surface area contributed by atoms with Crippen molar-refractivity contribution in [2.45, 2.75) is 66.2 Å². The van der Waals surface area contributed by atoms with Crippen LogP contribution in [0.4, 0.5) is 5.69 Å². The third-order valence-electron chi connectivity index (χ3n) is 6.06. The molecule has 3 rings (SSSR count). The van der Waals surface area contributed by atoms with E-state index in [4.69, 9.17) is 16.3 Å². The van der Waals surface area contributed by atoms with Crippen molar-refractivity contribution in [2.24, 2.45) is 0 Å². The summed E-state index contributed by atoms with van der Waals surface area (Å²) >= 11 is 6.43. The van der Waals surface area contributed by atoms with Crippen LogP contribution in [0, 0.1) is 20.8 Å². The van der Waals surface area contributed by atoms with Crippen molar-refractivity contribution in [1.29, 1.82) is 0 Å². The summed E-state index contributed by atoms with van der Waals surface area (Å²) in [7, 11) is 0. The summed E-state index contributed by atoms with van der Waals surface area (Å²) in [6.07, 6.45) is 2.10. The number of nitrogens with one attached hydrogen (secondary N) is 2. The molecule has 0 bridgehead atoms. The molecule has 7 heteroatoms. The Balaban J connectivity index is 1.86. The molecule has 168 valence electrons. The summed E-state index contributed by atoms with van der Waals surface area (Å²) in [6.45, 7) is 11.6. The van der Waals surface area contributed by atoms with Crippen molar-refractivity contribution in [2.75, 3.05) is 18.1 Å². The van der Waals surface area contributed by atoms with Crippen LogP contribution in [-0.4, -0.2) is 36.2 Å². The Morgan fingerprint density at radius 3 is 2.68 bits per heavy atom. The van der Waals surface area contributed by atoms with Crippen molar-refractivity contribution < 1.29 is 9.53 Å². The second kappa shape index (κ2) is 9.88. The second-order valence-electron chi connectivity index (χ2n) is 8.37. The molecule has 1 aromatic carbocycles. The summed E-state index contributed by atoms with van der Waals surface area (Å²) in [5.41, 5.74) is 4.44. The molecule has 1 aliphatic heterocycles. The van der Waals surface area contributed by atoms with E-state index in [1.165, 1.54) is 0 Å². The summed E-state index contributed by atoms with van der Waals surface area (Å²) < 4.78 is 5.71. The van der Waals surface area contributed by atoms with Crippen LogP contribution in [0.15, 0.2) is 23.0 Å². The average Bonchev–Trinajstić information content (AvgIpc) is 2.70. The Morgan fingerprint density at radius 1 is 1.29 bits per heavy atom. The first-order valence-corrected chi connectivity index (χ1v) is 11.2. The van der Waals surface area contributed by atoms with E-state index in [9.17, 15) is 9.59 Å². The summed E-state index contributed by atoms with van der Waals surface area (Å²) in [5.74, 6) is -0.239. The molecule has 2 N–H and O–H groups in total.